The van der Waals surface area contributed by atoms with Gasteiger partial charge in [-0.2, -0.15) is 0 Å². The molecule has 0 saturated heterocycles. The average Bonchev–Trinajstić information content (AvgIpc) is 2.47. The second-order valence-electron chi connectivity index (χ2n) is 3.89. The maximum Gasteiger partial charge on any atom is 0.340 e. The standard InChI is InChI=1S/C15H14O4S/c1-18-10-6-3-4-7-11(10)19-12-8-5-9-13(20-2)14(12)15(16)17/h3-9H,1-2H3,(H,16,17). The number of carbonyl (C=O) groups is 1. The van der Waals surface area contributed by atoms with Gasteiger partial charge in [-0.05, 0) is 30.5 Å². The Balaban J connectivity index is 2.46. The first-order chi connectivity index (χ1) is 9.67. The van der Waals surface area contributed by atoms with Crippen LogP contribution >= 0.6 is 11.8 Å². The summed E-state index contributed by atoms with van der Waals surface area (Å²) in [4.78, 5) is 12.1. The average molecular weight is 290 g/mol. The zero-order valence-electron chi connectivity index (χ0n) is 11.1. The number of ether oxygens (including phenoxy) is 2. The molecule has 0 atom stereocenters. The number of methoxy groups -OCH3 is 1. The molecule has 0 aromatic heterocycles. The van der Waals surface area contributed by atoms with Crippen LogP contribution in [0.3, 0.4) is 0 Å². The molecule has 20 heavy (non-hydrogen) atoms. The topological polar surface area (TPSA) is 55.8 Å². The minimum atomic E-state index is -1.01. The molecule has 4 nitrogen and oxygen atoms in total. The van der Waals surface area contributed by atoms with E-state index in [1.165, 1.54) is 11.8 Å². The molecule has 0 saturated carbocycles. The molecule has 2 aromatic carbocycles. The quantitative estimate of drug-likeness (QED) is 0.846. The van der Waals surface area contributed by atoms with E-state index in [9.17, 15) is 9.90 Å². The summed E-state index contributed by atoms with van der Waals surface area (Å²) in [5.74, 6) is 0.322. The van der Waals surface area contributed by atoms with E-state index in [4.69, 9.17) is 9.47 Å². The maximum atomic E-state index is 11.4. The van der Waals surface area contributed by atoms with Gasteiger partial charge in [0.1, 0.15) is 11.3 Å². The highest BCUT2D eigenvalue weighted by Gasteiger charge is 2.17. The van der Waals surface area contributed by atoms with Crippen molar-refractivity contribution >= 4 is 17.7 Å². The van der Waals surface area contributed by atoms with Crippen molar-refractivity contribution < 1.29 is 19.4 Å². The lowest BCUT2D eigenvalue weighted by molar-refractivity contribution is 0.0690. The van der Waals surface area contributed by atoms with Gasteiger partial charge in [0.25, 0.3) is 0 Å². The minimum absolute atomic E-state index is 0.158. The lowest BCUT2D eigenvalue weighted by Gasteiger charge is -2.13. The number of hydrogen-bond acceptors (Lipinski definition) is 4. The molecule has 0 radical (unpaired) electrons. The first-order valence-electron chi connectivity index (χ1n) is 5.88. The largest absolute Gasteiger partial charge is 0.493 e. The van der Waals surface area contributed by atoms with Gasteiger partial charge in [-0.1, -0.05) is 18.2 Å². The summed E-state index contributed by atoms with van der Waals surface area (Å²) in [6, 6.07) is 12.3. The Kier molecular flexibility index (Phi) is 4.53. The zero-order chi connectivity index (χ0) is 14.5. The highest BCUT2D eigenvalue weighted by atomic mass is 32.2. The van der Waals surface area contributed by atoms with Gasteiger partial charge in [-0.25, -0.2) is 4.79 Å². The van der Waals surface area contributed by atoms with Crippen molar-refractivity contribution in [3.8, 4) is 17.2 Å². The summed E-state index contributed by atoms with van der Waals surface area (Å²) >= 11 is 1.37. The first kappa shape index (κ1) is 14.3. The number of carboxylic acid groups (broad SMARTS) is 1. The van der Waals surface area contributed by atoms with Crippen molar-refractivity contribution in [1.29, 1.82) is 0 Å². The molecule has 0 fully saturated rings. The number of thioether (sulfide) groups is 1. The van der Waals surface area contributed by atoms with Crippen molar-refractivity contribution in [3.63, 3.8) is 0 Å². The van der Waals surface area contributed by atoms with E-state index < -0.39 is 5.97 Å². The SMILES string of the molecule is COc1ccccc1Oc1cccc(SC)c1C(=O)O. The van der Waals surface area contributed by atoms with Crippen LogP contribution in [0.25, 0.3) is 0 Å². The number of aromatic carboxylic acids is 1. The molecule has 0 heterocycles. The molecule has 0 unspecified atom stereocenters. The maximum absolute atomic E-state index is 11.4. The van der Waals surface area contributed by atoms with Crippen molar-refractivity contribution in [2.24, 2.45) is 0 Å². The molecular weight excluding hydrogens is 276 g/mol. The third-order valence-electron chi connectivity index (χ3n) is 2.71. The molecule has 0 aliphatic carbocycles. The smallest absolute Gasteiger partial charge is 0.340 e. The number of para-hydroxylation sites is 2. The molecule has 0 aliphatic heterocycles. The van der Waals surface area contributed by atoms with Gasteiger partial charge in [0.05, 0.1) is 7.11 Å². The molecule has 2 aromatic rings. The van der Waals surface area contributed by atoms with Crippen LogP contribution in [0.4, 0.5) is 0 Å². The first-order valence-corrected chi connectivity index (χ1v) is 7.11. The van der Waals surface area contributed by atoms with Gasteiger partial charge in [-0.15, -0.1) is 11.8 Å². The third kappa shape index (κ3) is 2.88. The lowest BCUT2D eigenvalue weighted by Crippen LogP contribution is -2.02. The number of benzene rings is 2. The van der Waals surface area contributed by atoms with Crippen LogP contribution in [0.5, 0.6) is 17.2 Å². The third-order valence-corrected chi connectivity index (χ3v) is 3.49. The van der Waals surface area contributed by atoms with Gasteiger partial charge < -0.3 is 14.6 Å². The summed E-state index contributed by atoms with van der Waals surface area (Å²) < 4.78 is 10.9. The van der Waals surface area contributed by atoms with E-state index in [1.807, 2.05) is 12.3 Å². The highest BCUT2D eigenvalue weighted by Crippen LogP contribution is 2.35. The van der Waals surface area contributed by atoms with E-state index in [-0.39, 0.29) is 5.56 Å². The van der Waals surface area contributed by atoms with Crippen LogP contribution in [0.1, 0.15) is 10.4 Å². The molecule has 0 bridgehead atoms. The fourth-order valence-corrected chi connectivity index (χ4v) is 2.41. The van der Waals surface area contributed by atoms with Gasteiger partial charge in [0.15, 0.2) is 11.5 Å². The Morgan fingerprint density at radius 1 is 1.05 bits per heavy atom. The van der Waals surface area contributed by atoms with Gasteiger partial charge in [-0.3, -0.25) is 0 Å². The Morgan fingerprint density at radius 3 is 2.30 bits per heavy atom. The lowest BCUT2D eigenvalue weighted by atomic mass is 10.2. The summed E-state index contributed by atoms with van der Waals surface area (Å²) in [7, 11) is 1.54. The summed E-state index contributed by atoms with van der Waals surface area (Å²) in [5.41, 5.74) is 0.158. The normalized spacial score (nSPS) is 10.1. The molecule has 0 amide bonds. The molecule has 5 heteroatoms. The highest BCUT2D eigenvalue weighted by molar-refractivity contribution is 7.98. The summed E-state index contributed by atoms with van der Waals surface area (Å²) in [6.07, 6.45) is 1.83. The van der Waals surface area contributed by atoms with Crippen molar-refractivity contribution in [2.45, 2.75) is 4.90 Å². The number of hydrogen-bond donors (Lipinski definition) is 1. The van der Waals surface area contributed by atoms with Crippen LogP contribution in [-0.4, -0.2) is 24.4 Å². The van der Waals surface area contributed by atoms with Crippen LogP contribution in [-0.2, 0) is 0 Å². The van der Waals surface area contributed by atoms with E-state index >= 15 is 0 Å². The molecular formula is C15H14O4S. The summed E-state index contributed by atoms with van der Waals surface area (Å²) in [5, 5.41) is 9.36. The Bertz CT molecular complexity index is 625. The zero-order valence-corrected chi connectivity index (χ0v) is 11.9. The Hall–Kier alpha value is -2.14. The Morgan fingerprint density at radius 2 is 1.70 bits per heavy atom. The fourth-order valence-electron chi connectivity index (χ4n) is 1.80. The van der Waals surface area contributed by atoms with Gasteiger partial charge >= 0.3 is 5.97 Å². The second kappa shape index (κ2) is 6.34. The van der Waals surface area contributed by atoms with Crippen LogP contribution < -0.4 is 9.47 Å². The van der Waals surface area contributed by atoms with Crippen LogP contribution in [0.15, 0.2) is 47.4 Å². The van der Waals surface area contributed by atoms with E-state index in [0.717, 1.165) is 0 Å². The summed E-state index contributed by atoms with van der Waals surface area (Å²) in [6.45, 7) is 0. The van der Waals surface area contributed by atoms with E-state index in [0.29, 0.717) is 22.1 Å². The molecule has 104 valence electrons. The molecule has 1 N–H and O–H groups in total. The number of rotatable bonds is 5. The molecule has 0 aliphatic rings. The monoisotopic (exact) mass is 290 g/mol. The predicted molar refractivity (Wildman–Crippen MR) is 78.3 cm³/mol. The molecule has 0 spiro atoms. The minimum Gasteiger partial charge on any atom is -0.493 e. The fraction of sp³-hybridized carbons (Fsp3) is 0.133. The van der Waals surface area contributed by atoms with Crippen LogP contribution in [0.2, 0.25) is 0 Å². The van der Waals surface area contributed by atoms with Gasteiger partial charge in [0.2, 0.25) is 0 Å². The van der Waals surface area contributed by atoms with Crippen molar-refractivity contribution in [2.75, 3.05) is 13.4 Å². The van der Waals surface area contributed by atoms with E-state index in [1.54, 1.807) is 43.5 Å². The second-order valence-corrected chi connectivity index (χ2v) is 4.74. The van der Waals surface area contributed by atoms with Crippen LogP contribution in [0, 0.1) is 0 Å². The van der Waals surface area contributed by atoms with Crippen molar-refractivity contribution in [3.05, 3.63) is 48.0 Å². The number of carboxylic acids is 1. The van der Waals surface area contributed by atoms with Gasteiger partial charge in [0, 0.05) is 4.90 Å². The van der Waals surface area contributed by atoms with E-state index in [2.05, 4.69) is 0 Å². The Labute approximate surface area is 121 Å². The molecule has 2 rings (SSSR count). The van der Waals surface area contributed by atoms with Crippen molar-refractivity contribution in [1.82, 2.24) is 0 Å². The predicted octanol–water partition coefficient (Wildman–Crippen LogP) is 3.91.